The predicted molar refractivity (Wildman–Crippen MR) is 72.9 cm³/mol. The van der Waals surface area contributed by atoms with Crippen LogP contribution in [0.25, 0.3) is 0 Å². The summed E-state index contributed by atoms with van der Waals surface area (Å²) in [5.74, 6) is 1.52. The Labute approximate surface area is 101 Å². The lowest BCUT2D eigenvalue weighted by Crippen LogP contribution is -1.98. The minimum Gasteiger partial charge on any atom is -0.0654 e. The molecule has 0 heterocycles. The molecule has 0 aliphatic heterocycles. The van der Waals surface area contributed by atoms with Crippen LogP contribution in [0.3, 0.4) is 0 Å². The van der Waals surface area contributed by atoms with Crippen molar-refractivity contribution in [3.63, 3.8) is 0 Å². The van der Waals surface area contributed by atoms with E-state index in [9.17, 15) is 0 Å². The van der Waals surface area contributed by atoms with Gasteiger partial charge in [-0.05, 0) is 42.2 Å². The molecule has 1 rings (SSSR count). The Morgan fingerprint density at radius 1 is 1.00 bits per heavy atom. The summed E-state index contributed by atoms with van der Waals surface area (Å²) >= 11 is 0. The average Bonchev–Trinajstić information content (AvgIpc) is 2.26. The van der Waals surface area contributed by atoms with Crippen molar-refractivity contribution in [2.75, 3.05) is 0 Å². The highest BCUT2D eigenvalue weighted by Crippen LogP contribution is 2.25. The highest BCUT2D eigenvalue weighted by Gasteiger charge is 2.07. The first-order chi connectivity index (χ1) is 7.67. The molecule has 0 aliphatic rings. The fraction of sp³-hybridized carbons (Fsp3) is 0.625. The van der Waals surface area contributed by atoms with E-state index in [1.54, 1.807) is 0 Å². The maximum absolute atomic E-state index is 2.33. The van der Waals surface area contributed by atoms with Gasteiger partial charge in [0.1, 0.15) is 0 Å². The summed E-state index contributed by atoms with van der Waals surface area (Å²) in [7, 11) is 0. The van der Waals surface area contributed by atoms with Gasteiger partial charge in [0.25, 0.3) is 0 Å². The average molecular weight is 218 g/mol. The molecule has 1 unspecified atom stereocenters. The summed E-state index contributed by atoms with van der Waals surface area (Å²) in [6.07, 6.45) is 5.06. The van der Waals surface area contributed by atoms with E-state index in [0.29, 0.717) is 0 Å². The van der Waals surface area contributed by atoms with E-state index in [4.69, 9.17) is 0 Å². The Balaban J connectivity index is 2.69. The Morgan fingerprint density at radius 2 is 1.62 bits per heavy atom. The zero-order chi connectivity index (χ0) is 12.0. The molecule has 0 N–H and O–H groups in total. The van der Waals surface area contributed by atoms with Crippen LogP contribution in [0.1, 0.15) is 64.0 Å². The molecule has 0 radical (unpaired) electrons. The zero-order valence-electron chi connectivity index (χ0n) is 11.3. The maximum atomic E-state index is 2.33. The van der Waals surface area contributed by atoms with Crippen molar-refractivity contribution in [3.05, 3.63) is 35.4 Å². The lowest BCUT2D eigenvalue weighted by atomic mass is 9.91. The minimum atomic E-state index is 0.753. The first-order valence-corrected chi connectivity index (χ1v) is 6.76. The fourth-order valence-corrected chi connectivity index (χ4v) is 2.35. The van der Waals surface area contributed by atoms with E-state index < -0.39 is 0 Å². The van der Waals surface area contributed by atoms with Crippen molar-refractivity contribution in [1.82, 2.24) is 0 Å². The Bertz CT molecular complexity index is 281. The van der Waals surface area contributed by atoms with Gasteiger partial charge in [0.2, 0.25) is 0 Å². The lowest BCUT2D eigenvalue weighted by molar-refractivity contribution is 0.595. The monoisotopic (exact) mass is 218 g/mol. The molecule has 16 heavy (non-hydrogen) atoms. The van der Waals surface area contributed by atoms with Gasteiger partial charge in [-0.15, -0.1) is 0 Å². The number of benzene rings is 1. The van der Waals surface area contributed by atoms with E-state index in [2.05, 4.69) is 52.0 Å². The van der Waals surface area contributed by atoms with Gasteiger partial charge in [-0.25, -0.2) is 0 Å². The molecule has 1 atom stereocenters. The van der Waals surface area contributed by atoms with Crippen LogP contribution in [0.5, 0.6) is 0 Å². The molecule has 0 saturated heterocycles. The second kappa shape index (κ2) is 6.73. The second-order valence-electron chi connectivity index (χ2n) is 5.23. The Kier molecular flexibility index (Phi) is 5.59. The molecule has 1 aromatic rings. The van der Waals surface area contributed by atoms with Gasteiger partial charge >= 0.3 is 0 Å². The van der Waals surface area contributed by atoms with Crippen molar-refractivity contribution in [3.8, 4) is 0 Å². The zero-order valence-corrected chi connectivity index (χ0v) is 11.3. The smallest absolute Gasteiger partial charge is 0.0165 e. The molecular weight excluding hydrogens is 192 g/mol. The highest BCUT2D eigenvalue weighted by atomic mass is 14.1. The Morgan fingerprint density at radius 3 is 2.06 bits per heavy atom. The SMILES string of the molecule is CCCC(CC)c1ccc(CC(C)C)cc1. The minimum absolute atomic E-state index is 0.753. The van der Waals surface area contributed by atoms with Gasteiger partial charge in [-0.2, -0.15) is 0 Å². The third-order valence-corrected chi connectivity index (χ3v) is 3.23. The molecule has 0 spiro atoms. The third-order valence-electron chi connectivity index (χ3n) is 3.23. The summed E-state index contributed by atoms with van der Waals surface area (Å²) < 4.78 is 0. The van der Waals surface area contributed by atoms with Crippen LogP contribution in [0.2, 0.25) is 0 Å². The predicted octanol–water partition coefficient (Wildman–Crippen LogP) is 5.18. The molecule has 0 aromatic heterocycles. The van der Waals surface area contributed by atoms with Crippen molar-refractivity contribution in [2.45, 2.75) is 59.3 Å². The number of hydrogen-bond donors (Lipinski definition) is 0. The first-order valence-electron chi connectivity index (χ1n) is 6.76. The van der Waals surface area contributed by atoms with Gasteiger partial charge in [0.05, 0.1) is 0 Å². The van der Waals surface area contributed by atoms with Crippen LogP contribution in [-0.2, 0) is 6.42 Å². The topological polar surface area (TPSA) is 0 Å². The molecule has 0 saturated carbocycles. The fourth-order valence-electron chi connectivity index (χ4n) is 2.35. The summed E-state index contributed by atoms with van der Waals surface area (Å²) in [4.78, 5) is 0. The third kappa shape index (κ3) is 4.00. The van der Waals surface area contributed by atoms with Gasteiger partial charge in [0, 0.05) is 0 Å². The second-order valence-corrected chi connectivity index (χ2v) is 5.23. The van der Waals surface area contributed by atoms with Crippen LogP contribution in [-0.4, -0.2) is 0 Å². The largest absolute Gasteiger partial charge is 0.0654 e. The lowest BCUT2D eigenvalue weighted by Gasteiger charge is -2.15. The maximum Gasteiger partial charge on any atom is -0.0165 e. The van der Waals surface area contributed by atoms with Gasteiger partial charge < -0.3 is 0 Å². The van der Waals surface area contributed by atoms with Crippen LogP contribution < -0.4 is 0 Å². The van der Waals surface area contributed by atoms with E-state index in [-0.39, 0.29) is 0 Å². The van der Waals surface area contributed by atoms with Crippen molar-refractivity contribution in [1.29, 1.82) is 0 Å². The molecule has 0 bridgehead atoms. The molecule has 0 amide bonds. The van der Waals surface area contributed by atoms with Crippen LogP contribution in [0.4, 0.5) is 0 Å². The van der Waals surface area contributed by atoms with Gasteiger partial charge in [-0.1, -0.05) is 58.4 Å². The summed E-state index contributed by atoms with van der Waals surface area (Å²) in [6, 6.07) is 9.30. The molecule has 0 fully saturated rings. The molecular formula is C16H26. The van der Waals surface area contributed by atoms with Crippen LogP contribution >= 0.6 is 0 Å². The van der Waals surface area contributed by atoms with E-state index >= 15 is 0 Å². The molecule has 0 aliphatic carbocycles. The van der Waals surface area contributed by atoms with E-state index in [1.807, 2.05) is 0 Å². The standard InChI is InChI=1S/C16H26/c1-5-7-15(6-2)16-10-8-14(9-11-16)12-13(3)4/h8-11,13,15H,5-7,12H2,1-4H3. The highest BCUT2D eigenvalue weighted by molar-refractivity contribution is 5.25. The van der Waals surface area contributed by atoms with Crippen molar-refractivity contribution in [2.24, 2.45) is 5.92 Å². The Hall–Kier alpha value is -0.780. The molecule has 1 aromatic carbocycles. The molecule has 0 heteroatoms. The number of rotatable bonds is 6. The van der Waals surface area contributed by atoms with E-state index in [0.717, 1.165) is 11.8 Å². The quantitative estimate of drug-likeness (QED) is 0.617. The molecule has 90 valence electrons. The van der Waals surface area contributed by atoms with Crippen LogP contribution in [0, 0.1) is 5.92 Å². The van der Waals surface area contributed by atoms with Crippen molar-refractivity contribution < 1.29 is 0 Å². The van der Waals surface area contributed by atoms with Crippen molar-refractivity contribution >= 4 is 0 Å². The van der Waals surface area contributed by atoms with Gasteiger partial charge in [-0.3, -0.25) is 0 Å². The normalized spacial score (nSPS) is 13.1. The molecule has 0 nitrogen and oxygen atoms in total. The summed E-state index contributed by atoms with van der Waals surface area (Å²) in [5, 5.41) is 0. The van der Waals surface area contributed by atoms with Crippen LogP contribution in [0.15, 0.2) is 24.3 Å². The number of hydrogen-bond acceptors (Lipinski definition) is 0. The summed E-state index contributed by atoms with van der Waals surface area (Å²) in [5.41, 5.74) is 3.00. The first kappa shape index (κ1) is 13.3. The van der Waals surface area contributed by atoms with E-state index in [1.165, 1.54) is 36.8 Å². The summed E-state index contributed by atoms with van der Waals surface area (Å²) in [6.45, 7) is 9.12. The van der Waals surface area contributed by atoms with Gasteiger partial charge in [0.15, 0.2) is 0 Å².